The second kappa shape index (κ2) is 5.21. The maximum atomic E-state index is 12.5. The summed E-state index contributed by atoms with van der Waals surface area (Å²) in [6, 6.07) is 6.33. The van der Waals surface area contributed by atoms with Gasteiger partial charge in [-0.3, -0.25) is 0 Å². The minimum absolute atomic E-state index is 0.101. The van der Waals surface area contributed by atoms with Gasteiger partial charge in [-0.2, -0.15) is 13.2 Å². The van der Waals surface area contributed by atoms with Crippen LogP contribution in [0, 0.1) is 6.92 Å². The predicted molar refractivity (Wildman–Crippen MR) is 68.2 cm³/mol. The Labute approximate surface area is 116 Å². The molecule has 0 aliphatic rings. The van der Waals surface area contributed by atoms with Crippen LogP contribution in [0.15, 0.2) is 41.0 Å². The minimum atomic E-state index is -4.39. The molecule has 0 bridgehead atoms. The van der Waals surface area contributed by atoms with Crippen LogP contribution < -0.4 is 4.74 Å². The summed E-state index contributed by atoms with van der Waals surface area (Å²) in [4.78, 5) is 3.98. The lowest BCUT2D eigenvalue weighted by atomic mass is 10.2. The summed E-state index contributed by atoms with van der Waals surface area (Å²) in [5.41, 5.74) is 0.135. The Balaban J connectivity index is 2.26. The van der Waals surface area contributed by atoms with Crippen molar-refractivity contribution in [3.05, 3.63) is 52.1 Å². The number of aryl methyl sites for hydroxylation is 1. The number of pyridine rings is 1. The van der Waals surface area contributed by atoms with Crippen LogP contribution in [0.3, 0.4) is 0 Å². The molecule has 100 valence electrons. The van der Waals surface area contributed by atoms with E-state index in [1.807, 2.05) is 6.92 Å². The second-order valence-corrected chi connectivity index (χ2v) is 4.75. The van der Waals surface area contributed by atoms with Crippen LogP contribution in [0.25, 0.3) is 0 Å². The summed E-state index contributed by atoms with van der Waals surface area (Å²) >= 11 is 3.29. The van der Waals surface area contributed by atoms with Crippen LogP contribution in [-0.2, 0) is 6.18 Å². The van der Waals surface area contributed by atoms with E-state index in [0.29, 0.717) is 0 Å². The number of hydrogen-bond donors (Lipinski definition) is 0. The highest BCUT2D eigenvalue weighted by Gasteiger charge is 2.30. The normalized spacial score (nSPS) is 11.4. The summed E-state index contributed by atoms with van der Waals surface area (Å²) in [5.74, 6) is 0.351. The zero-order chi connectivity index (χ0) is 14.0. The maximum Gasteiger partial charge on any atom is 0.416 e. The lowest BCUT2D eigenvalue weighted by Gasteiger charge is -2.10. The van der Waals surface area contributed by atoms with Crippen LogP contribution in [0.5, 0.6) is 11.6 Å². The molecule has 0 saturated carbocycles. The van der Waals surface area contributed by atoms with Gasteiger partial charge < -0.3 is 4.74 Å². The van der Waals surface area contributed by atoms with Gasteiger partial charge in [0.15, 0.2) is 0 Å². The molecule has 0 aliphatic heterocycles. The molecule has 0 radical (unpaired) electrons. The van der Waals surface area contributed by atoms with E-state index in [9.17, 15) is 13.2 Å². The summed E-state index contributed by atoms with van der Waals surface area (Å²) < 4.78 is 43.8. The van der Waals surface area contributed by atoms with Crippen molar-refractivity contribution >= 4 is 15.9 Å². The van der Waals surface area contributed by atoms with Gasteiger partial charge in [0.1, 0.15) is 5.75 Å². The fourth-order valence-corrected chi connectivity index (χ4v) is 1.64. The van der Waals surface area contributed by atoms with E-state index < -0.39 is 11.7 Å². The van der Waals surface area contributed by atoms with Crippen molar-refractivity contribution in [2.45, 2.75) is 13.1 Å². The Kier molecular flexibility index (Phi) is 3.80. The first-order valence-corrected chi connectivity index (χ1v) is 6.13. The van der Waals surface area contributed by atoms with E-state index in [-0.39, 0.29) is 11.6 Å². The number of rotatable bonds is 2. The lowest BCUT2D eigenvalue weighted by Crippen LogP contribution is -2.04. The fraction of sp³-hybridized carbons (Fsp3) is 0.154. The molecular weight excluding hydrogens is 323 g/mol. The number of benzene rings is 1. The topological polar surface area (TPSA) is 22.1 Å². The minimum Gasteiger partial charge on any atom is -0.439 e. The zero-order valence-corrected chi connectivity index (χ0v) is 11.4. The molecule has 2 aromatic rings. The molecule has 0 spiro atoms. The molecule has 0 atom stereocenters. The molecule has 2 rings (SSSR count). The van der Waals surface area contributed by atoms with E-state index in [0.717, 1.165) is 22.2 Å². The van der Waals surface area contributed by atoms with Crippen molar-refractivity contribution in [2.24, 2.45) is 0 Å². The van der Waals surface area contributed by atoms with E-state index in [1.54, 1.807) is 6.07 Å². The quantitative estimate of drug-likeness (QED) is 0.775. The molecule has 1 heterocycles. The molecule has 1 aromatic heterocycles. The SMILES string of the molecule is Cc1cc(Oc2cccc(C(F)(F)F)c2)ncc1Br. The number of alkyl halides is 3. The van der Waals surface area contributed by atoms with Crippen molar-refractivity contribution in [1.29, 1.82) is 0 Å². The van der Waals surface area contributed by atoms with Gasteiger partial charge in [0.05, 0.1) is 5.56 Å². The molecule has 0 amide bonds. The van der Waals surface area contributed by atoms with Crippen LogP contribution in [0.1, 0.15) is 11.1 Å². The molecule has 0 aliphatic carbocycles. The monoisotopic (exact) mass is 331 g/mol. The summed E-state index contributed by atoms with van der Waals surface area (Å²) in [5, 5.41) is 0. The average Bonchev–Trinajstić information content (AvgIpc) is 2.33. The van der Waals surface area contributed by atoms with Crippen molar-refractivity contribution in [3.8, 4) is 11.6 Å². The van der Waals surface area contributed by atoms with Crippen molar-refractivity contribution < 1.29 is 17.9 Å². The molecule has 6 heteroatoms. The summed E-state index contributed by atoms with van der Waals surface area (Å²) in [6.45, 7) is 1.84. The van der Waals surface area contributed by atoms with Gasteiger partial charge in [-0.1, -0.05) is 6.07 Å². The Bertz CT molecular complexity index is 599. The average molecular weight is 332 g/mol. The molecule has 1 aromatic carbocycles. The molecule has 0 saturated heterocycles. The van der Waals surface area contributed by atoms with Crippen LogP contribution in [0.4, 0.5) is 13.2 Å². The molecule has 0 unspecified atom stereocenters. The first kappa shape index (κ1) is 13.9. The Morgan fingerprint density at radius 2 is 1.95 bits per heavy atom. The largest absolute Gasteiger partial charge is 0.439 e. The van der Waals surface area contributed by atoms with Crippen molar-refractivity contribution in [3.63, 3.8) is 0 Å². The highest BCUT2D eigenvalue weighted by atomic mass is 79.9. The second-order valence-electron chi connectivity index (χ2n) is 3.90. The van der Waals surface area contributed by atoms with Crippen LogP contribution in [-0.4, -0.2) is 4.98 Å². The summed E-state index contributed by atoms with van der Waals surface area (Å²) in [7, 11) is 0. The highest BCUT2D eigenvalue weighted by molar-refractivity contribution is 9.10. The van der Waals surface area contributed by atoms with Gasteiger partial charge in [-0.05, 0) is 46.6 Å². The van der Waals surface area contributed by atoms with Gasteiger partial charge in [-0.25, -0.2) is 4.98 Å². The van der Waals surface area contributed by atoms with E-state index in [1.165, 1.54) is 18.3 Å². The number of ether oxygens (including phenoxy) is 1. The standard InChI is InChI=1S/C13H9BrF3NO/c1-8-5-12(18-7-11(8)14)19-10-4-2-3-9(6-10)13(15,16)17/h2-7H,1H3. The van der Waals surface area contributed by atoms with Crippen LogP contribution in [0.2, 0.25) is 0 Å². The number of hydrogen-bond acceptors (Lipinski definition) is 2. The number of halogens is 4. The highest BCUT2D eigenvalue weighted by Crippen LogP contribution is 2.32. The fourth-order valence-electron chi connectivity index (χ4n) is 1.43. The van der Waals surface area contributed by atoms with Crippen molar-refractivity contribution in [2.75, 3.05) is 0 Å². The van der Waals surface area contributed by atoms with E-state index in [4.69, 9.17) is 4.74 Å². The first-order chi connectivity index (χ1) is 8.86. The molecule has 0 fully saturated rings. The molecular formula is C13H9BrF3NO. The summed E-state index contributed by atoms with van der Waals surface area (Å²) in [6.07, 6.45) is -2.85. The van der Waals surface area contributed by atoms with Crippen LogP contribution >= 0.6 is 15.9 Å². The maximum absolute atomic E-state index is 12.5. The zero-order valence-electron chi connectivity index (χ0n) is 9.83. The smallest absolute Gasteiger partial charge is 0.416 e. The number of nitrogens with zero attached hydrogens (tertiary/aromatic N) is 1. The van der Waals surface area contributed by atoms with E-state index >= 15 is 0 Å². The number of aromatic nitrogens is 1. The van der Waals surface area contributed by atoms with Gasteiger partial charge in [0.25, 0.3) is 0 Å². The van der Waals surface area contributed by atoms with Gasteiger partial charge >= 0.3 is 6.18 Å². The third-order valence-corrected chi connectivity index (χ3v) is 3.24. The third-order valence-electron chi connectivity index (χ3n) is 2.41. The van der Waals surface area contributed by atoms with Gasteiger partial charge in [-0.15, -0.1) is 0 Å². The Hall–Kier alpha value is -1.56. The molecule has 19 heavy (non-hydrogen) atoms. The molecule has 0 N–H and O–H groups in total. The Morgan fingerprint density at radius 1 is 1.21 bits per heavy atom. The van der Waals surface area contributed by atoms with Gasteiger partial charge in [0.2, 0.25) is 5.88 Å². The lowest BCUT2D eigenvalue weighted by molar-refractivity contribution is -0.137. The Morgan fingerprint density at radius 3 is 2.58 bits per heavy atom. The van der Waals surface area contributed by atoms with Crippen molar-refractivity contribution in [1.82, 2.24) is 4.98 Å². The molecule has 2 nitrogen and oxygen atoms in total. The first-order valence-electron chi connectivity index (χ1n) is 5.33. The third kappa shape index (κ3) is 3.47. The predicted octanol–water partition coefficient (Wildman–Crippen LogP) is 4.96. The van der Waals surface area contributed by atoms with E-state index in [2.05, 4.69) is 20.9 Å². The van der Waals surface area contributed by atoms with Gasteiger partial charge in [0, 0.05) is 16.7 Å².